The second-order valence-corrected chi connectivity index (χ2v) is 7.00. The largest absolute Gasteiger partial charge is 0.481 e. The van der Waals surface area contributed by atoms with E-state index >= 15 is 0 Å². The first-order valence-corrected chi connectivity index (χ1v) is 9.37. The van der Waals surface area contributed by atoms with E-state index in [1.807, 2.05) is 48.5 Å². The van der Waals surface area contributed by atoms with Gasteiger partial charge in [0.15, 0.2) is 0 Å². The SMILES string of the molecule is Cc1nc(NC(=O)OCC2c3ccccc3-c3ccccc32)[nH]c(=O)c1CC(=O)O. The lowest BCUT2D eigenvalue weighted by Gasteiger charge is -2.14. The zero-order valence-corrected chi connectivity index (χ0v) is 16.1. The Morgan fingerprint density at radius 2 is 1.70 bits per heavy atom. The van der Waals surface area contributed by atoms with Crippen molar-refractivity contribution in [1.82, 2.24) is 9.97 Å². The van der Waals surface area contributed by atoms with Gasteiger partial charge >= 0.3 is 12.1 Å². The van der Waals surface area contributed by atoms with Gasteiger partial charge in [-0.2, -0.15) is 0 Å². The van der Waals surface area contributed by atoms with Gasteiger partial charge in [0, 0.05) is 11.5 Å². The van der Waals surface area contributed by atoms with E-state index in [2.05, 4.69) is 15.3 Å². The van der Waals surface area contributed by atoms with Crippen molar-refractivity contribution in [2.24, 2.45) is 0 Å². The molecule has 4 rings (SSSR count). The van der Waals surface area contributed by atoms with E-state index in [9.17, 15) is 14.4 Å². The number of rotatable bonds is 5. The van der Waals surface area contributed by atoms with Gasteiger partial charge in [0.1, 0.15) is 6.61 Å². The first-order chi connectivity index (χ1) is 14.4. The number of aromatic nitrogens is 2. The van der Waals surface area contributed by atoms with Crippen molar-refractivity contribution in [3.05, 3.63) is 81.3 Å². The van der Waals surface area contributed by atoms with Crippen LogP contribution in [-0.2, 0) is 16.0 Å². The van der Waals surface area contributed by atoms with Crippen LogP contribution < -0.4 is 10.9 Å². The lowest BCUT2D eigenvalue weighted by atomic mass is 9.98. The van der Waals surface area contributed by atoms with Crippen molar-refractivity contribution in [2.75, 3.05) is 11.9 Å². The number of nitrogens with one attached hydrogen (secondary N) is 2. The van der Waals surface area contributed by atoms with E-state index in [-0.39, 0.29) is 29.7 Å². The fourth-order valence-electron chi connectivity index (χ4n) is 3.76. The first-order valence-electron chi connectivity index (χ1n) is 9.37. The van der Waals surface area contributed by atoms with Gasteiger partial charge in [-0.15, -0.1) is 0 Å². The number of carboxylic acid groups (broad SMARTS) is 1. The smallest absolute Gasteiger partial charge is 0.414 e. The molecule has 1 heterocycles. The molecule has 3 aromatic rings. The minimum atomic E-state index is -1.14. The summed E-state index contributed by atoms with van der Waals surface area (Å²) in [5.41, 5.74) is 4.09. The summed E-state index contributed by atoms with van der Waals surface area (Å²) in [7, 11) is 0. The van der Waals surface area contributed by atoms with Crippen molar-refractivity contribution in [3.63, 3.8) is 0 Å². The highest BCUT2D eigenvalue weighted by Gasteiger charge is 2.29. The molecule has 0 spiro atoms. The van der Waals surface area contributed by atoms with Crippen LogP contribution in [0.3, 0.4) is 0 Å². The fraction of sp³-hybridized carbons (Fsp3) is 0.182. The van der Waals surface area contributed by atoms with E-state index in [1.54, 1.807) is 0 Å². The van der Waals surface area contributed by atoms with Gasteiger partial charge < -0.3 is 9.84 Å². The third kappa shape index (κ3) is 3.67. The number of carboxylic acids is 1. The Bertz CT molecular complexity index is 1160. The van der Waals surface area contributed by atoms with Crippen LogP contribution in [0.5, 0.6) is 0 Å². The highest BCUT2D eigenvalue weighted by atomic mass is 16.5. The molecule has 1 aliphatic carbocycles. The molecule has 0 radical (unpaired) electrons. The molecule has 1 aromatic heterocycles. The number of carbonyl (C=O) groups excluding carboxylic acids is 1. The maximum absolute atomic E-state index is 12.3. The van der Waals surface area contributed by atoms with Crippen LogP contribution in [0.2, 0.25) is 0 Å². The molecule has 1 aliphatic rings. The van der Waals surface area contributed by atoms with E-state index in [4.69, 9.17) is 9.84 Å². The van der Waals surface area contributed by atoms with Gasteiger partial charge in [-0.25, -0.2) is 9.78 Å². The van der Waals surface area contributed by atoms with Crippen LogP contribution >= 0.6 is 0 Å². The molecular formula is C22H19N3O5. The van der Waals surface area contributed by atoms with E-state index in [0.717, 1.165) is 22.3 Å². The molecule has 8 nitrogen and oxygen atoms in total. The number of fused-ring (bicyclic) bond motifs is 3. The Morgan fingerprint density at radius 3 is 2.27 bits per heavy atom. The number of amides is 1. The molecule has 30 heavy (non-hydrogen) atoms. The zero-order chi connectivity index (χ0) is 21.3. The summed E-state index contributed by atoms with van der Waals surface area (Å²) in [6.45, 7) is 1.64. The maximum atomic E-state index is 12.3. The molecule has 152 valence electrons. The summed E-state index contributed by atoms with van der Waals surface area (Å²) >= 11 is 0. The number of benzene rings is 2. The van der Waals surface area contributed by atoms with Crippen LogP contribution in [-0.4, -0.2) is 33.7 Å². The molecule has 0 atom stereocenters. The Labute approximate surface area is 171 Å². The average Bonchev–Trinajstić information content (AvgIpc) is 3.03. The minimum absolute atomic E-state index is 0.0422. The second-order valence-electron chi connectivity index (χ2n) is 7.00. The van der Waals surface area contributed by atoms with Crippen molar-refractivity contribution in [1.29, 1.82) is 0 Å². The molecule has 0 saturated carbocycles. The molecule has 0 fully saturated rings. The van der Waals surface area contributed by atoms with Gasteiger partial charge in [-0.05, 0) is 29.2 Å². The lowest BCUT2D eigenvalue weighted by Crippen LogP contribution is -2.24. The topological polar surface area (TPSA) is 121 Å². The highest BCUT2D eigenvalue weighted by molar-refractivity contribution is 5.83. The van der Waals surface area contributed by atoms with Gasteiger partial charge in [-0.1, -0.05) is 48.5 Å². The lowest BCUT2D eigenvalue weighted by molar-refractivity contribution is -0.136. The van der Waals surface area contributed by atoms with Crippen molar-refractivity contribution < 1.29 is 19.4 Å². The molecule has 8 heteroatoms. The Hall–Kier alpha value is -3.94. The molecule has 3 N–H and O–H groups in total. The molecule has 0 aliphatic heterocycles. The zero-order valence-electron chi connectivity index (χ0n) is 16.1. The summed E-state index contributed by atoms with van der Waals surface area (Å²) < 4.78 is 5.41. The number of aromatic amines is 1. The molecular weight excluding hydrogens is 386 g/mol. The maximum Gasteiger partial charge on any atom is 0.414 e. The fourth-order valence-corrected chi connectivity index (χ4v) is 3.76. The summed E-state index contributed by atoms with van der Waals surface area (Å²) in [6, 6.07) is 16.0. The van der Waals surface area contributed by atoms with Crippen LogP contribution in [0, 0.1) is 6.92 Å². The Kier molecular flexibility index (Phi) is 5.05. The van der Waals surface area contributed by atoms with Crippen LogP contribution in [0.1, 0.15) is 28.3 Å². The number of hydrogen-bond donors (Lipinski definition) is 3. The van der Waals surface area contributed by atoms with Crippen molar-refractivity contribution in [2.45, 2.75) is 19.3 Å². The second kappa shape index (κ2) is 7.82. The molecule has 1 amide bonds. The number of ether oxygens (including phenoxy) is 1. The number of aryl methyl sites for hydroxylation is 1. The first kappa shape index (κ1) is 19.4. The number of H-pyrrole nitrogens is 1. The normalized spacial score (nSPS) is 12.2. The number of nitrogens with zero attached hydrogens (tertiary/aromatic N) is 1. The number of aliphatic carboxylic acids is 1. The van der Waals surface area contributed by atoms with Crippen molar-refractivity contribution in [3.8, 4) is 11.1 Å². The predicted molar refractivity (Wildman–Crippen MR) is 110 cm³/mol. The predicted octanol–water partition coefficient (Wildman–Crippen LogP) is 3.07. The highest BCUT2D eigenvalue weighted by Crippen LogP contribution is 2.44. The number of anilines is 1. The van der Waals surface area contributed by atoms with Gasteiger partial charge in [-0.3, -0.25) is 19.9 Å². The number of hydrogen-bond acceptors (Lipinski definition) is 5. The number of carbonyl (C=O) groups is 2. The van der Waals surface area contributed by atoms with E-state index in [1.165, 1.54) is 6.92 Å². The molecule has 0 saturated heterocycles. The Balaban J connectivity index is 1.47. The molecule has 0 bridgehead atoms. The van der Waals surface area contributed by atoms with Crippen LogP contribution in [0.25, 0.3) is 11.1 Å². The third-order valence-electron chi connectivity index (χ3n) is 5.11. The van der Waals surface area contributed by atoms with E-state index in [0.29, 0.717) is 0 Å². The quantitative estimate of drug-likeness (QED) is 0.600. The molecule has 2 aromatic carbocycles. The van der Waals surface area contributed by atoms with Gasteiger partial charge in [0.05, 0.1) is 12.1 Å². The average molecular weight is 405 g/mol. The summed E-state index contributed by atoms with van der Waals surface area (Å²) in [4.78, 5) is 41.6. The van der Waals surface area contributed by atoms with E-state index < -0.39 is 24.0 Å². The minimum Gasteiger partial charge on any atom is -0.481 e. The Morgan fingerprint density at radius 1 is 1.10 bits per heavy atom. The molecule has 0 unspecified atom stereocenters. The van der Waals surface area contributed by atoms with Gasteiger partial charge in [0.25, 0.3) is 5.56 Å². The standard InChI is InChI=1S/C22H19N3O5/c1-12-17(10-19(26)27)20(28)24-21(23-12)25-22(29)30-11-18-15-8-4-2-6-13(15)14-7-3-5-9-16(14)18/h2-9,18H,10-11H2,1H3,(H,26,27)(H2,23,24,25,28,29). The summed E-state index contributed by atoms with van der Waals surface area (Å²) in [6.07, 6.45) is -1.20. The third-order valence-corrected chi connectivity index (χ3v) is 5.11. The van der Waals surface area contributed by atoms with Crippen LogP contribution in [0.15, 0.2) is 53.3 Å². The summed E-state index contributed by atoms with van der Waals surface area (Å²) in [5.74, 6) is -1.32. The monoisotopic (exact) mass is 405 g/mol. The summed E-state index contributed by atoms with van der Waals surface area (Å²) in [5, 5.41) is 11.3. The van der Waals surface area contributed by atoms with Gasteiger partial charge in [0.2, 0.25) is 5.95 Å². The van der Waals surface area contributed by atoms with Crippen LogP contribution in [0.4, 0.5) is 10.7 Å². The van der Waals surface area contributed by atoms with Crippen molar-refractivity contribution >= 4 is 18.0 Å².